The third-order valence-electron chi connectivity index (χ3n) is 5.87. The summed E-state index contributed by atoms with van der Waals surface area (Å²) in [5, 5.41) is 16.4. The molecule has 1 saturated heterocycles. The number of anilines is 1. The van der Waals surface area contributed by atoms with Crippen LogP contribution >= 0.6 is 8.38 Å². The van der Waals surface area contributed by atoms with Crippen molar-refractivity contribution < 1.29 is 34.6 Å². The summed E-state index contributed by atoms with van der Waals surface area (Å²) in [6, 6.07) is 2.01. The van der Waals surface area contributed by atoms with Gasteiger partial charge in [-0.2, -0.15) is 10.2 Å². The number of aliphatic hydroxyl groups is 1. The summed E-state index contributed by atoms with van der Waals surface area (Å²) in [5.74, 6) is 0.142. The van der Waals surface area contributed by atoms with Crippen molar-refractivity contribution in [1.29, 1.82) is 6.69 Å². The van der Waals surface area contributed by atoms with Crippen LogP contribution in [0.2, 0.25) is 0 Å². The number of hydrogen-bond acceptors (Lipinski definition) is 11. The van der Waals surface area contributed by atoms with Crippen LogP contribution in [0.25, 0.3) is 0 Å². The number of hydrogen-bond donors (Lipinski definition) is 2. The Labute approximate surface area is 234 Å². The molecule has 4 unspecified atom stereocenters. The van der Waals surface area contributed by atoms with Gasteiger partial charge in [0.05, 0.1) is 44.8 Å². The van der Waals surface area contributed by atoms with Crippen LogP contribution in [-0.2, 0) is 28.1 Å². The highest BCUT2D eigenvalue weighted by atomic mass is 31.2. The number of aliphatic hydroxyl groups excluding tert-OH is 1. The van der Waals surface area contributed by atoms with Gasteiger partial charge in [-0.3, -0.25) is 9.36 Å². The van der Waals surface area contributed by atoms with E-state index in [-0.39, 0.29) is 44.2 Å². The zero-order chi connectivity index (χ0) is 30.6. The van der Waals surface area contributed by atoms with Crippen LogP contribution in [0.3, 0.4) is 0 Å². The number of nitrogens with one attached hydrogen (secondary N) is 1. The van der Waals surface area contributed by atoms with E-state index in [4.69, 9.17) is 26.6 Å². The first-order valence-electron chi connectivity index (χ1n) is 14.3. The van der Waals surface area contributed by atoms with Crippen LogP contribution in [-0.4, -0.2) is 73.1 Å². The van der Waals surface area contributed by atoms with Gasteiger partial charge >= 0.3 is 11.7 Å². The van der Waals surface area contributed by atoms with Crippen molar-refractivity contribution in [3.8, 4) is 6.07 Å². The maximum Gasteiger partial charge on any atom is 0.351 e. The maximum atomic E-state index is 12.8. The van der Waals surface area contributed by atoms with Gasteiger partial charge in [-0.1, -0.05) is 13.8 Å². The molecule has 0 radical (unpaired) electrons. The molecule has 4 atom stereocenters. The van der Waals surface area contributed by atoms with Crippen molar-refractivity contribution in [3.63, 3.8) is 0 Å². The lowest BCUT2D eigenvalue weighted by atomic mass is 10.2. The second-order valence-corrected chi connectivity index (χ2v) is 10.4. The highest BCUT2D eigenvalue weighted by molar-refractivity contribution is 7.46. The number of carbonyl (C=O) groups excluding carboxylic acids is 2. The Morgan fingerprint density at radius 1 is 1.38 bits per heavy atom. The van der Waals surface area contributed by atoms with Gasteiger partial charge in [-0.25, -0.2) is 4.79 Å². The summed E-state index contributed by atoms with van der Waals surface area (Å²) in [6.45, 7) is 6.32. The molecule has 0 aliphatic carbocycles. The number of esters is 1. The number of ether oxygens (including phenoxy) is 2. The summed E-state index contributed by atoms with van der Waals surface area (Å²) < 4.78 is 36.9. The Kier molecular flexibility index (Phi) is 15.0. The molecule has 12 nitrogen and oxygen atoms in total. The fourth-order valence-electron chi connectivity index (χ4n) is 3.85. The number of rotatable bonds is 19. The van der Waals surface area contributed by atoms with E-state index in [1.54, 1.807) is 12.9 Å². The molecule has 0 saturated carbocycles. The van der Waals surface area contributed by atoms with E-state index in [0.717, 1.165) is 31.2 Å². The van der Waals surface area contributed by atoms with Crippen molar-refractivity contribution in [2.75, 3.05) is 38.3 Å². The largest absolute Gasteiger partial charge is 0.466 e. The zero-order valence-corrected chi connectivity index (χ0v) is 24.2. The summed E-state index contributed by atoms with van der Waals surface area (Å²) in [5.41, 5.74) is 0.320. The molecule has 2 N–H and O–H groups in total. The first-order chi connectivity index (χ1) is 19.7. The molecule has 220 valence electrons. The highest BCUT2D eigenvalue weighted by Gasteiger charge is 2.38. The topological polar surface area (TPSA) is 162 Å². The Morgan fingerprint density at radius 2 is 2.15 bits per heavy atom. The molecule has 0 aromatic carbocycles. The van der Waals surface area contributed by atoms with Crippen molar-refractivity contribution >= 4 is 25.9 Å². The summed E-state index contributed by atoms with van der Waals surface area (Å²) >= 11 is 0. The second-order valence-electron chi connectivity index (χ2n) is 9.08. The highest BCUT2D eigenvalue weighted by Crippen LogP contribution is 2.41. The molecule has 1 aliphatic rings. The molecular formula is C26H43N4O8P. The van der Waals surface area contributed by atoms with Gasteiger partial charge in [0.2, 0.25) is 1.43 Å². The molecule has 39 heavy (non-hydrogen) atoms. The molecule has 1 aromatic heterocycles. The lowest BCUT2D eigenvalue weighted by molar-refractivity contribution is -0.144. The van der Waals surface area contributed by atoms with Crippen LogP contribution < -0.4 is 11.0 Å². The van der Waals surface area contributed by atoms with Gasteiger partial charge in [0.25, 0.3) is 0 Å². The number of aryl methyl sites for hydroxylation is 1. The zero-order valence-electron chi connectivity index (χ0n) is 25.3. The third-order valence-corrected chi connectivity index (χ3v) is 6.98. The van der Waals surface area contributed by atoms with Crippen LogP contribution in [0.15, 0.2) is 11.0 Å². The molecular weight excluding hydrogens is 527 g/mol. The fraction of sp³-hybridized carbons (Fsp3) is 0.731. The number of carbonyl (C=O) groups is 2. The molecule has 0 bridgehead atoms. The number of unbranched alkanes of at least 4 members (excludes halogenated alkanes) is 3. The van der Waals surface area contributed by atoms with E-state index >= 15 is 0 Å². The van der Waals surface area contributed by atoms with E-state index in [9.17, 15) is 14.4 Å². The summed E-state index contributed by atoms with van der Waals surface area (Å²) in [7, 11) is -0.0125. The Morgan fingerprint density at radius 3 is 2.87 bits per heavy atom. The molecule has 1 fully saturated rings. The average Bonchev–Trinajstić information content (AvgIpc) is 3.33. The molecule has 1 aliphatic heterocycles. The summed E-state index contributed by atoms with van der Waals surface area (Å²) in [6.07, 6.45) is 4.49. The van der Waals surface area contributed by atoms with Crippen LogP contribution in [0, 0.1) is 18.3 Å². The van der Waals surface area contributed by atoms with Gasteiger partial charge in [-0.15, -0.1) is 0 Å². The lowest BCUT2D eigenvalue weighted by Crippen LogP contribution is -2.29. The minimum absolute atomic E-state index is 0.0222. The smallest absolute Gasteiger partial charge is 0.351 e. The average molecular weight is 574 g/mol. The van der Waals surface area contributed by atoms with Crippen LogP contribution in [0.1, 0.15) is 78.9 Å². The Balaban J connectivity index is 0.00000411. The second kappa shape index (κ2) is 18.8. The fourth-order valence-corrected chi connectivity index (χ4v) is 4.86. The summed E-state index contributed by atoms with van der Waals surface area (Å²) in [4.78, 5) is 39.4. The first-order valence-corrected chi connectivity index (χ1v) is 14.5. The number of nitriles is 1. The molecule has 0 amide bonds. The molecule has 2 rings (SSSR count). The minimum Gasteiger partial charge on any atom is -0.466 e. The molecule has 2 heterocycles. The standard InChI is InChI=1S/C25H39N4O8P.CH4/c1-18-16-29(22-15-20(21(17-30)36-22)37-38(3)35-14-8-11-26)25(33)28-24(18)27-12-6-4-5-7-13-34-23(32)10-9-19(2)31;/h16,20-22,30H,4-10,12-15,17H2,1-3H3,(H,27,28,33);1H4/i30D;1T. The van der Waals surface area contributed by atoms with E-state index in [2.05, 4.69) is 15.4 Å². The van der Waals surface area contributed by atoms with E-state index in [0.29, 0.717) is 25.4 Å². The SMILES string of the molecule is [2H]OCC1OC(n2cc(C)c(NCCCCCCOC(=O)CCC(C)=O)nc2=O)CC1OP(C)OCCC#N.[3H]C. The molecule has 13 heteroatoms. The van der Waals surface area contributed by atoms with Crippen molar-refractivity contribution in [3.05, 3.63) is 22.2 Å². The van der Waals surface area contributed by atoms with Crippen molar-refractivity contribution in [2.45, 2.75) is 91.1 Å². The van der Waals surface area contributed by atoms with Crippen LogP contribution in [0.5, 0.6) is 0 Å². The lowest BCUT2D eigenvalue weighted by Gasteiger charge is -2.20. The maximum absolute atomic E-state index is 12.8. The minimum atomic E-state index is -1.26. The normalized spacial score (nSPS) is 19.6. The van der Waals surface area contributed by atoms with E-state index < -0.39 is 32.5 Å². The number of Topliss-reactive ketones (excluding diaryl/α,β-unsaturated/α-hetero) is 1. The van der Waals surface area contributed by atoms with Gasteiger partial charge < -0.3 is 33.7 Å². The van der Waals surface area contributed by atoms with Gasteiger partial charge in [-0.05, 0) is 33.1 Å². The molecule has 1 aromatic rings. The monoisotopic (exact) mass is 573 g/mol. The van der Waals surface area contributed by atoms with Crippen molar-refractivity contribution in [2.24, 2.45) is 0 Å². The first kappa shape index (κ1) is 31.1. The van der Waals surface area contributed by atoms with Crippen molar-refractivity contribution in [1.82, 2.24) is 9.55 Å². The number of ketones is 1. The van der Waals surface area contributed by atoms with Gasteiger partial charge in [0.1, 0.15) is 23.9 Å². The number of nitrogens with zero attached hydrogens (tertiary/aromatic N) is 3. The predicted molar refractivity (Wildman–Crippen MR) is 147 cm³/mol. The van der Waals surface area contributed by atoms with E-state index in [1.807, 2.05) is 13.0 Å². The van der Waals surface area contributed by atoms with Crippen LogP contribution in [0.4, 0.5) is 5.82 Å². The quantitative estimate of drug-likeness (QED) is 0.141. The number of aromatic nitrogens is 2. The van der Waals surface area contributed by atoms with Gasteiger partial charge in [0.15, 0.2) is 8.38 Å². The van der Waals surface area contributed by atoms with Gasteiger partial charge in [0, 0.05) is 39.2 Å². The third kappa shape index (κ3) is 12.5. The molecule has 0 spiro atoms. The Hall–Kier alpha value is -2.42. The van der Waals surface area contributed by atoms with E-state index in [1.165, 1.54) is 18.9 Å². The Bertz CT molecular complexity index is 1030. The predicted octanol–water partition coefficient (Wildman–Crippen LogP) is 3.61.